The van der Waals surface area contributed by atoms with Crippen LogP contribution in [0.15, 0.2) is 36.5 Å². The molecule has 3 nitrogen and oxygen atoms in total. The summed E-state index contributed by atoms with van der Waals surface area (Å²) in [5.74, 6) is 0. The molecular formula is C14H19N3. The largest absolute Gasteiger partial charge is 0.313 e. The SMILES string of the molecule is CCCNCc1cnn(-c2ccccc2)c1C. The van der Waals surface area contributed by atoms with Crippen LogP contribution in [0.5, 0.6) is 0 Å². The van der Waals surface area contributed by atoms with Gasteiger partial charge in [-0.1, -0.05) is 25.1 Å². The first kappa shape index (κ1) is 11.9. The Hall–Kier alpha value is -1.61. The molecule has 0 spiro atoms. The highest BCUT2D eigenvalue weighted by atomic mass is 15.3. The van der Waals surface area contributed by atoms with E-state index < -0.39 is 0 Å². The summed E-state index contributed by atoms with van der Waals surface area (Å²) in [5, 5.41) is 7.85. The molecule has 0 fully saturated rings. The van der Waals surface area contributed by atoms with Gasteiger partial charge in [0.25, 0.3) is 0 Å². The smallest absolute Gasteiger partial charge is 0.0648 e. The van der Waals surface area contributed by atoms with Gasteiger partial charge in [0.05, 0.1) is 11.9 Å². The van der Waals surface area contributed by atoms with Crippen molar-refractivity contribution in [3.8, 4) is 5.69 Å². The van der Waals surface area contributed by atoms with Gasteiger partial charge in [-0.2, -0.15) is 5.10 Å². The van der Waals surface area contributed by atoms with Gasteiger partial charge in [-0.05, 0) is 32.0 Å². The molecule has 1 aromatic carbocycles. The first-order valence-corrected chi connectivity index (χ1v) is 6.12. The highest BCUT2D eigenvalue weighted by Gasteiger charge is 2.06. The second-order valence-electron chi connectivity index (χ2n) is 4.18. The number of nitrogens with zero attached hydrogens (tertiary/aromatic N) is 2. The molecule has 0 saturated heterocycles. The molecular weight excluding hydrogens is 210 g/mol. The number of nitrogens with one attached hydrogen (secondary N) is 1. The van der Waals surface area contributed by atoms with E-state index in [9.17, 15) is 0 Å². The zero-order valence-corrected chi connectivity index (χ0v) is 10.5. The third kappa shape index (κ3) is 2.74. The lowest BCUT2D eigenvalue weighted by molar-refractivity contribution is 0.672. The molecule has 1 aromatic heterocycles. The molecule has 90 valence electrons. The van der Waals surface area contributed by atoms with Gasteiger partial charge in [0.15, 0.2) is 0 Å². The molecule has 0 aliphatic heterocycles. The Balaban J connectivity index is 2.15. The van der Waals surface area contributed by atoms with Crippen LogP contribution in [0.4, 0.5) is 0 Å². The van der Waals surface area contributed by atoms with Crippen LogP contribution in [0, 0.1) is 6.92 Å². The lowest BCUT2D eigenvalue weighted by Crippen LogP contribution is -2.14. The fraction of sp³-hybridized carbons (Fsp3) is 0.357. The van der Waals surface area contributed by atoms with E-state index in [2.05, 4.69) is 36.4 Å². The van der Waals surface area contributed by atoms with Crippen LogP contribution in [-0.2, 0) is 6.54 Å². The highest BCUT2D eigenvalue weighted by Crippen LogP contribution is 2.13. The minimum Gasteiger partial charge on any atom is -0.313 e. The van der Waals surface area contributed by atoms with Crippen molar-refractivity contribution >= 4 is 0 Å². The van der Waals surface area contributed by atoms with Crippen LogP contribution >= 0.6 is 0 Å². The van der Waals surface area contributed by atoms with Crippen LogP contribution in [0.25, 0.3) is 5.69 Å². The van der Waals surface area contributed by atoms with Crippen molar-refractivity contribution in [2.24, 2.45) is 0 Å². The summed E-state index contributed by atoms with van der Waals surface area (Å²) in [4.78, 5) is 0. The molecule has 0 aliphatic rings. The average Bonchev–Trinajstić information content (AvgIpc) is 2.73. The molecule has 0 aliphatic carbocycles. The molecule has 0 unspecified atom stereocenters. The molecule has 1 N–H and O–H groups in total. The third-order valence-electron chi connectivity index (χ3n) is 2.85. The molecule has 1 heterocycles. The van der Waals surface area contributed by atoms with Crippen LogP contribution in [0.1, 0.15) is 24.6 Å². The summed E-state index contributed by atoms with van der Waals surface area (Å²) in [5.41, 5.74) is 3.59. The first-order chi connectivity index (χ1) is 8.33. The van der Waals surface area contributed by atoms with Gasteiger partial charge in [-0.25, -0.2) is 4.68 Å². The monoisotopic (exact) mass is 229 g/mol. The standard InChI is InChI=1S/C14H19N3/c1-3-9-15-10-13-11-16-17(12(13)2)14-7-5-4-6-8-14/h4-8,11,15H,3,9-10H2,1-2H3. The lowest BCUT2D eigenvalue weighted by Gasteiger charge is -2.05. The average molecular weight is 229 g/mol. The van der Waals surface area contributed by atoms with E-state index in [1.807, 2.05) is 29.1 Å². The summed E-state index contributed by atoms with van der Waals surface area (Å²) in [6.45, 7) is 6.23. The third-order valence-corrected chi connectivity index (χ3v) is 2.85. The molecule has 2 rings (SSSR count). The van der Waals surface area contributed by atoms with Gasteiger partial charge in [0.1, 0.15) is 0 Å². The Bertz CT molecular complexity index is 460. The van der Waals surface area contributed by atoms with Gasteiger partial charge in [0.2, 0.25) is 0 Å². The number of hydrogen-bond acceptors (Lipinski definition) is 2. The van der Waals surface area contributed by atoms with Crippen molar-refractivity contribution in [3.05, 3.63) is 47.8 Å². The van der Waals surface area contributed by atoms with Gasteiger partial charge in [0, 0.05) is 17.8 Å². The molecule has 0 amide bonds. The summed E-state index contributed by atoms with van der Waals surface area (Å²) < 4.78 is 1.99. The second-order valence-corrected chi connectivity index (χ2v) is 4.18. The summed E-state index contributed by atoms with van der Waals surface area (Å²) in [6.07, 6.45) is 3.11. The Morgan fingerprint density at radius 2 is 2.00 bits per heavy atom. The van der Waals surface area contributed by atoms with Crippen molar-refractivity contribution in [1.29, 1.82) is 0 Å². The highest BCUT2D eigenvalue weighted by molar-refractivity contribution is 5.34. The maximum absolute atomic E-state index is 4.44. The number of rotatable bonds is 5. The predicted molar refractivity (Wildman–Crippen MR) is 70.3 cm³/mol. The minimum absolute atomic E-state index is 0.895. The van der Waals surface area contributed by atoms with Crippen molar-refractivity contribution < 1.29 is 0 Å². The molecule has 0 bridgehead atoms. The number of aromatic nitrogens is 2. The summed E-state index contributed by atoms with van der Waals surface area (Å²) in [7, 11) is 0. The first-order valence-electron chi connectivity index (χ1n) is 6.12. The van der Waals surface area contributed by atoms with E-state index in [1.54, 1.807) is 0 Å². The van der Waals surface area contributed by atoms with E-state index in [0.29, 0.717) is 0 Å². The number of benzene rings is 1. The van der Waals surface area contributed by atoms with Gasteiger partial charge >= 0.3 is 0 Å². The van der Waals surface area contributed by atoms with E-state index in [0.717, 1.165) is 25.2 Å². The van der Waals surface area contributed by atoms with Gasteiger partial charge in [-0.3, -0.25) is 0 Å². The molecule has 3 heteroatoms. The fourth-order valence-electron chi connectivity index (χ4n) is 1.85. The molecule has 0 radical (unpaired) electrons. The zero-order chi connectivity index (χ0) is 12.1. The Morgan fingerprint density at radius 1 is 1.24 bits per heavy atom. The second kappa shape index (κ2) is 5.64. The normalized spacial score (nSPS) is 10.7. The van der Waals surface area contributed by atoms with E-state index in [4.69, 9.17) is 0 Å². The topological polar surface area (TPSA) is 29.9 Å². The van der Waals surface area contributed by atoms with Crippen LogP contribution in [0.2, 0.25) is 0 Å². The predicted octanol–water partition coefficient (Wildman–Crippen LogP) is 2.68. The minimum atomic E-state index is 0.895. The Kier molecular flexibility index (Phi) is 3.94. The van der Waals surface area contributed by atoms with Crippen LogP contribution in [-0.4, -0.2) is 16.3 Å². The van der Waals surface area contributed by atoms with Gasteiger partial charge < -0.3 is 5.32 Å². The summed E-state index contributed by atoms with van der Waals surface area (Å²) >= 11 is 0. The number of hydrogen-bond donors (Lipinski definition) is 1. The van der Waals surface area contributed by atoms with Crippen molar-refractivity contribution in [2.75, 3.05) is 6.54 Å². The molecule has 2 aromatic rings. The van der Waals surface area contributed by atoms with Gasteiger partial charge in [-0.15, -0.1) is 0 Å². The Labute approximate surface area is 102 Å². The lowest BCUT2D eigenvalue weighted by atomic mass is 10.2. The van der Waals surface area contributed by atoms with Crippen molar-refractivity contribution in [1.82, 2.24) is 15.1 Å². The maximum Gasteiger partial charge on any atom is 0.0648 e. The van der Waals surface area contributed by atoms with E-state index in [-0.39, 0.29) is 0 Å². The Morgan fingerprint density at radius 3 is 2.71 bits per heavy atom. The zero-order valence-electron chi connectivity index (χ0n) is 10.5. The molecule has 17 heavy (non-hydrogen) atoms. The quantitative estimate of drug-likeness (QED) is 0.799. The summed E-state index contributed by atoms with van der Waals surface area (Å²) in [6, 6.07) is 10.2. The maximum atomic E-state index is 4.44. The number of para-hydroxylation sites is 1. The van der Waals surface area contributed by atoms with Crippen molar-refractivity contribution in [2.45, 2.75) is 26.8 Å². The van der Waals surface area contributed by atoms with Crippen LogP contribution < -0.4 is 5.32 Å². The van der Waals surface area contributed by atoms with Crippen LogP contribution in [0.3, 0.4) is 0 Å². The fourth-order valence-corrected chi connectivity index (χ4v) is 1.85. The van der Waals surface area contributed by atoms with E-state index >= 15 is 0 Å². The molecule has 0 atom stereocenters. The van der Waals surface area contributed by atoms with E-state index in [1.165, 1.54) is 11.3 Å². The molecule has 0 saturated carbocycles. The van der Waals surface area contributed by atoms with Crippen molar-refractivity contribution in [3.63, 3.8) is 0 Å².